The highest BCUT2D eigenvalue weighted by Crippen LogP contribution is 2.07. The number of amides is 1. The van der Waals surface area contributed by atoms with Gasteiger partial charge in [-0.25, -0.2) is 0 Å². The normalized spacial score (nSPS) is 10.5. The number of hydrogen-bond acceptors (Lipinski definition) is 4. The molecule has 0 heterocycles. The summed E-state index contributed by atoms with van der Waals surface area (Å²) in [6.07, 6.45) is 1.09. The number of benzene rings is 1. The van der Waals surface area contributed by atoms with Crippen LogP contribution in [-0.2, 0) is 9.53 Å². The van der Waals surface area contributed by atoms with Crippen molar-refractivity contribution in [3.8, 4) is 0 Å². The topological polar surface area (TPSA) is 49.9 Å². The number of hydrogen-bond donors (Lipinski definition) is 0. The largest absolute Gasteiger partial charge is 0.469 e. The summed E-state index contributed by atoms with van der Waals surface area (Å²) in [6, 6.07) is 9.14. The summed E-state index contributed by atoms with van der Waals surface area (Å²) in [5.74, 6) is -0.341. The fourth-order valence-corrected chi connectivity index (χ4v) is 1.98. The van der Waals surface area contributed by atoms with Crippen LogP contribution in [0.3, 0.4) is 0 Å². The molecule has 0 aromatic heterocycles. The molecule has 0 aliphatic carbocycles. The summed E-state index contributed by atoms with van der Waals surface area (Å²) in [6.45, 7) is 1.91. The minimum Gasteiger partial charge on any atom is -0.469 e. The van der Waals surface area contributed by atoms with Crippen LogP contribution < -0.4 is 0 Å². The third kappa shape index (κ3) is 6.40. The number of esters is 1. The van der Waals surface area contributed by atoms with Crippen molar-refractivity contribution in [3.63, 3.8) is 0 Å². The van der Waals surface area contributed by atoms with Crippen LogP contribution in [0.4, 0.5) is 0 Å². The van der Waals surface area contributed by atoms with Gasteiger partial charge < -0.3 is 14.5 Å². The van der Waals surface area contributed by atoms with Crippen molar-refractivity contribution >= 4 is 11.9 Å². The van der Waals surface area contributed by atoms with E-state index in [1.54, 1.807) is 17.0 Å². The molecule has 5 heteroatoms. The van der Waals surface area contributed by atoms with Gasteiger partial charge in [-0.3, -0.25) is 9.59 Å². The van der Waals surface area contributed by atoms with Crippen molar-refractivity contribution in [2.24, 2.45) is 0 Å². The Hall–Kier alpha value is -1.88. The Morgan fingerprint density at radius 1 is 1.05 bits per heavy atom. The SMILES string of the molecule is COC(=O)CCN(CCCN(C)C)C(=O)c1ccccc1. The minimum absolute atomic E-state index is 0.0433. The number of carbonyl (C=O) groups excluding carboxylic acids is 2. The predicted molar refractivity (Wildman–Crippen MR) is 82.1 cm³/mol. The van der Waals surface area contributed by atoms with Crippen LogP contribution >= 0.6 is 0 Å². The first-order chi connectivity index (χ1) is 10.0. The third-order valence-electron chi connectivity index (χ3n) is 3.15. The van der Waals surface area contributed by atoms with Gasteiger partial charge in [-0.1, -0.05) is 18.2 Å². The molecule has 0 saturated carbocycles. The van der Waals surface area contributed by atoms with Gasteiger partial charge in [0.05, 0.1) is 13.5 Å². The second kappa shape index (κ2) is 9.13. The van der Waals surface area contributed by atoms with E-state index in [1.165, 1.54) is 7.11 Å². The van der Waals surface area contributed by atoms with Gasteiger partial charge in [-0.15, -0.1) is 0 Å². The van der Waals surface area contributed by atoms with Gasteiger partial charge in [0.15, 0.2) is 0 Å². The third-order valence-corrected chi connectivity index (χ3v) is 3.15. The van der Waals surface area contributed by atoms with Crippen molar-refractivity contribution in [3.05, 3.63) is 35.9 Å². The highest BCUT2D eigenvalue weighted by molar-refractivity contribution is 5.94. The molecule has 0 aliphatic heterocycles. The molecule has 116 valence electrons. The fraction of sp³-hybridized carbons (Fsp3) is 0.500. The Morgan fingerprint density at radius 2 is 1.71 bits per heavy atom. The monoisotopic (exact) mass is 292 g/mol. The summed E-state index contributed by atoms with van der Waals surface area (Å²) < 4.78 is 4.64. The first kappa shape index (κ1) is 17.2. The van der Waals surface area contributed by atoms with Gasteiger partial charge in [0.25, 0.3) is 5.91 Å². The molecule has 5 nitrogen and oxygen atoms in total. The van der Waals surface area contributed by atoms with E-state index in [2.05, 4.69) is 9.64 Å². The van der Waals surface area contributed by atoms with Crippen LogP contribution in [0.5, 0.6) is 0 Å². The van der Waals surface area contributed by atoms with Gasteiger partial charge >= 0.3 is 5.97 Å². The lowest BCUT2D eigenvalue weighted by Crippen LogP contribution is -2.35. The molecule has 21 heavy (non-hydrogen) atoms. The molecular weight excluding hydrogens is 268 g/mol. The van der Waals surface area contributed by atoms with Crippen molar-refractivity contribution < 1.29 is 14.3 Å². The van der Waals surface area contributed by atoms with E-state index in [4.69, 9.17) is 0 Å². The van der Waals surface area contributed by atoms with Crippen LogP contribution in [0.25, 0.3) is 0 Å². The molecule has 0 bridgehead atoms. The molecule has 0 saturated heterocycles. The summed E-state index contributed by atoms with van der Waals surface area (Å²) >= 11 is 0. The highest BCUT2D eigenvalue weighted by Gasteiger charge is 2.16. The van der Waals surface area contributed by atoms with E-state index in [9.17, 15) is 9.59 Å². The summed E-state index contributed by atoms with van der Waals surface area (Å²) in [5, 5.41) is 0. The number of nitrogens with zero attached hydrogens (tertiary/aromatic N) is 2. The lowest BCUT2D eigenvalue weighted by molar-refractivity contribution is -0.140. The number of carbonyl (C=O) groups is 2. The maximum atomic E-state index is 12.5. The van der Waals surface area contributed by atoms with Gasteiger partial charge in [-0.05, 0) is 39.2 Å². The van der Waals surface area contributed by atoms with E-state index in [0.717, 1.165) is 13.0 Å². The van der Waals surface area contributed by atoms with Crippen LogP contribution in [0.2, 0.25) is 0 Å². The number of ether oxygens (including phenoxy) is 1. The Bertz CT molecular complexity index is 446. The molecule has 0 radical (unpaired) electrons. The fourth-order valence-electron chi connectivity index (χ4n) is 1.98. The Kier molecular flexibility index (Phi) is 7.46. The zero-order valence-electron chi connectivity index (χ0n) is 13.0. The lowest BCUT2D eigenvalue weighted by atomic mass is 10.2. The molecule has 0 spiro atoms. The van der Waals surface area contributed by atoms with Crippen LogP contribution in [-0.4, -0.2) is 62.5 Å². The molecule has 1 aromatic rings. The first-order valence-corrected chi connectivity index (χ1v) is 7.10. The molecular formula is C16H24N2O3. The molecule has 1 aromatic carbocycles. The van der Waals surface area contributed by atoms with Crippen LogP contribution in [0.1, 0.15) is 23.2 Å². The van der Waals surface area contributed by atoms with E-state index < -0.39 is 0 Å². The lowest BCUT2D eigenvalue weighted by Gasteiger charge is -2.23. The van der Waals surface area contributed by atoms with Crippen LogP contribution in [0, 0.1) is 0 Å². The Labute approximate surface area is 126 Å². The number of methoxy groups -OCH3 is 1. The van der Waals surface area contributed by atoms with E-state index in [0.29, 0.717) is 18.7 Å². The molecule has 0 unspecified atom stereocenters. The van der Waals surface area contributed by atoms with Crippen LogP contribution in [0.15, 0.2) is 30.3 Å². The second-order valence-electron chi connectivity index (χ2n) is 5.14. The Balaban J connectivity index is 2.65. The van der Waals surface area contributed by atoms with E-state index in [-0.39, 0.29) is 18.3 Å². The second-order valence-corrected chi connectivity index (χ2v) is 5.14. The minimum atomic E-state index is -0.298. The maximum Gasteiger partial charge on any atom is 0.307 e. The highest BCUT2D eigenvalue weighted by atomic mass is 16.5. The van der Waals surface area contributed by atoms with Gasteiger partial charge in [-0.2, -0.15) is 0 Å². The standard InChI is InChI=1S/C16H24N2O3/c1-17(2)11-7-12-18(13-10-15(19)21-3)16(20)14-8-5-4-6-9-14/h4-6,8-9H,7,10-13H2,1-3H3. The van der Waals surface area contributed by atoms with Gasteiger partial charge in [0, 0.05) is 18.7 Å². The molecule has 1 rings (SSSR count). The Morgan fingerprint density at radius 3 is 2.29 bits per heavy atom. The molecule has 0 fully saturated rings. The molecule has 0 N–H and O–H groups in total. The van der Waals surface area contributed by atoms with E-state index in [1.807, 2.05) is 32.3 Å². The van der Waals surface area contributed by atoms with Crippen molar-refractivity contribution in [1.82, 2.24) is 9.80 Å². The molecule has 0 aliphatic rings. The van der Waals surface area contributed by atoms with Crippen molar-refractivity contribution in [2.45, 2.75) is 12.8 Å². The van der Waals surface area contributed by atoms with Crippen molar-refractivity contribution in [1.29, 1.82) is 0 Å². The zero-order valence-corrected chi connectivity index (χ0v) is 13.0. The zero-order chi connectivity index (χ0) is 15.7. The molecule has 1 amide bonds. The summed E-state index contributed by atoms with van der Waals surface area (Å²) in [5.41, 5.74) is 0.646. The average molecular weight is 292 g/mol. The summed E-state index contributed by atoms with van der Waals surface area (Å²) in [7, 11) is 5.35. The van der Waals surface area contributed by atoms with Gasteiger partial charge in [0.1, 0.15) is 0 Å². The molecule has 0 atom stereocenters. The summed E-state index contributed by atoms with van der Waals surface area (Å²) in [4.78, 5) is 27.6. The van der Waals surface area contributed by atoms with E-state index >= 15 is 0 Å². The quantitative estimate of drug-likeness (QED) is 0.684. The number of rotatable bonds is 8. The predicted octanol–water partition coefficient (Wildman–Crippen LogP) is 1.64. The van der Waals surface area contributed by atoms with Gasteiger partial charge in [0.2, 0.25) is 0 Å². The van der Waals surface area contributed by atoms with Crippen molar-refractivity contribution in [2.75, 3.05) is 40.8 Å². The first-order valence-electron chi connectivity index (χ1n) is 7.10. The average Bonchev–Trinajstić information content (AvgIpc) is 2.50. The smallest absolute Gasteiger partial charge is 0.307 e. The maximum absolute atomic E-state index is 12.5.